The topological polar surface area (TPSA) is 52.7 Å². The Bertz CT molecular complexity index is 542. The molecule has 0 unspecified atom stereocenters. The Morgan fingerprint density at radius 1 is 1.09 bits per heavy atom. The molecule has 2 amide bonds. The number of likely N-dealkylation sites (N-methyl/N-ethyl adjacent to an activating group) is 2. The summed E-state index contributed by atoms with van der Waals surface area (Å²) in [5.74, 6) is -0.543. The van der Waals surface area contributed by atoms with Gasteiger partial charge >= 0.3 is 6.18 Å². The molecule has 0 spiro atoms. The lowest BCUT2D eigenvalue weighted by Gasteiger charge is -2.17. The Labute approximate surface area is 133 Å². The number of carbonyl (C=O) groups is 2. The van der Waals surface area contributed by atoms with Crippen molar-refractivity contribution in [2.45, 2.75) is 12.7 Å². The van der Waals surface area contributed by atoms with E-state index in [4.69, 9.17) is 0 Å². The Balaban J connectivity index is 2.45. The van der Waals surface area contributed by atoms with Crippen molar-refractivity contribution in [2.24, 2.45) is 0 Å². The zero-order valence-corrected chi connectivity index (χ0v) is 13.3. The van der Waals surface area contributed by atoms with E-state index in [9.17, 15) is 22.8 Å². The van der Waals surface area contributed by atoms with E-state index in [-0.39, 0.29) is 24.9 Å². The van der Waals surface area contributed by atoms with Gasteiger partial charge in [-0.05, 0) is 24.7 Å². The number of alkyl halides is 3. The fraction of sp³-hybridized carbons (Fsp3) is 0.467. The van der Waals surface area contributed by atoms with Gasteiger partial charge in [-0.3, -0.25) is 14.5 Å². The van der Waals surface area contributed by atoms with Crippen LogP contribution in [-0.4, -0.2) is 55.8 Å². The molecule has 128 valence electrons. The van der Waals surface area contributed by atoms with Crippen LogP contribution in [0.25, 0.3) is 0 Å². The molecule has 1 aromatic rings. The molecule has 0 atom stereocenters. The zero-order valence-electron chi connectivity index (χ0n) is 13.3. The van der Waals surface area contributed by atoms with E-state index < -0.39 is 11.7 Å². The van der Waals surface area contributed by atoms with Crippen molar-refractivity contribution < 1.29 is 22.8 Å². The zero-order chi connectivity index (χ0) is 17.6. The van der Waals surface area contributed by atoms with E-state index in [1.54, 1.807) is 26.0 Å². The number of hydrogen-bond donors (Lipinski definition) is 1. The maximum atomic E-state index is 12.5. The van der Waals surface area contributed by atoms with Gasteiger partial charge < -0.3 is 10.2 Å². The van der Waals surface area contributed by atoms with Gasteiger partial charge in [0.15, 0.2) is 0 Å². The second kappa shape index (κ2) is 7.96. The minimum absolute atomic E-state index is 0.0434. The number of nitrogens with zero attached hydrogens (tertiary/aromatic N) is 2. The first-order chi connectivity index (χ1) is 10.6. The largest absolute Gasteiger partial charge is 0.416 e. The third-order valence-corrected chi connectivity index (χ3v) is 3.08. The van der Waals surface area contributed by atoms with E-state index in [2.05, 4.69) is 5.32 Å². The Morgan fingerprint density at radius 3 is 2.13 bits per heavy atom. The van der Waals surface area contributed by atoms with Crippen LogP contribution in [0, 0.1) is 0 Å². The van der Waals surface area contributed by atoms with Gasteiger partial charge in [-0.15, -0.1) is 0 Å². The number of carbonyl (C=O) groups excluding carboxylic acids is 2. The number of halogens is 3. The highest BCUT2D eigenvalue weighted by molar-refractivity contribution is 5.85. The molecule has 1 N–H and O–H groups in total. The summed E-state index contributed by atoms with van der Waals surface area (Å²) in [6.45, 7) is 0.287. The lowest BCUT2D eigenvalue weighted by molar-refractivity contribution is -0.137. The fourth-order valence-electron chi connectivity index (χ4n) is 1.80. The second-order valence-corrected chi connectivity index (χ2v) is 5.43. The van der Waals surface area contributed by atoms with Crippen LogP contribution < -0.4 is 5.32 Å². The first-order valence-corrected chi connectivity index (χ1v) is 6.91. The number of benzene rings is 1. The molecule has 0 saturated heterocycles. The monoisotopic (exact) mass is 331 g/mol. The van der Waals surface area contributed by atoms with Gasteiger partial charge in [-0.2, -0.15) is 13.2 Å². The van der Waals surface area contributed by atoms with E-state index in [1.807, 2.05) is 0 Å². The summed E-state index contributed by atoms with van der Waals surface area (Å²) in [7, 11) is 4.85. The predicted molar refractivity (Wildman–Crippen MR) is 79.5 cm³/mol. The molecule has 0 aliphatic rings. The minimum atomic E-state index is -4.36. The van der Waals surface area contributed by atoms with Crippen LogP contribution >= 0.6 is 0 Å². The van der Waals surface area contributed by atoms with Crippen LogP contribution in [0.3, 0.4) is 0 Å². The van der Waals surface area contributed by atoms with E-state index in [1.165, 1.54) is 17.0 Å². The molecule has 0 aromatic heterocycles. The maximum Gasteiger partial charge on any atom is 0.416 e. The quantitative estimate of drug-likeness (QED) is 0.856. The summed E-state index contributed by atoms with van der Waals surface area (Å²) in [5, 5.41) is 2.49. The summed E-state index contributed by atoms with van der Waals surface area (Å²) in [4.78, 5) is 26.0. The lowest BCUT2D eigenvalue weighted by atomic mass is 10.1. The molecule has 0 aliphatic carbocycles. The molecule has 0 aliphatic heterocycles. The minimum Gasteiger partial charge on any atom is -0.347 e. The number of amides is 2. The summed E-state index contributed by atoms with van der Waals surface area (Å²) < 4.78 is 37.4. The van der Waals surface area contributed by atoms with Crippen molar-refractivity contribution in [2.75, 3.05) is 34.2 Å². The molecule has 1 rings (SSSR count). The molecule has 0 fully saturated rings. The van der Waals surface area contributed by atoms with E-state index in [0.29, 0.717) is 12.1 Å². The smallest absolute Gasteiger partial charge is 0.347 e. The van der Waals surface area contributed by atoms with Gasteiger partial charge in [0.1, 0.15) is 0 Å². The SMILES string of the molecule is CN(CC(=O)NCC(=O)N(C)C)Cc1ccc(C(F)(F)F)cc1. The Kier molecular flexibility index (Phi) is 6.56. The van der Waals surface area contributed by atoms with Crippen molar-refractivity contribution in [3.63, 3.8) is 0 Å². The first-order valence-electron chi connectivity index (χ1n) is 6.91. The third kappa shape index (κ3) is 6.68. The lowest BCUT2D eigenvalue weighted by Crippen LogP contribution is -2.40. The van der Waals surface area contributed by atoms with Gasteiger partial charge in [0, 0.05) is 20.6 Å². The number of nitrogens with one attached hydrogen (secondary N) is 1. The highest BCUT2D eigenvalue weighted by Gasteiger charge is 2.29. The van der Waals surface area contributed by atoms with Crippen molar-refractivity contribution in [1.82, 2.24) is 15.1 Å². The van der Waals surface area contributed by atoms with Crippen LogP contribution in [0.2, 0.25) is 0 Å². The van der Waals surface area contributed by atoms with Crippen LogP contribution in [0.5, 0.6) is 0 Å². The van der Waals surface area contributed by atoms with Gasteiger partial charge in [0.25, 0.3) is 0 Å². The fourth-order valence-corrected chi connectivity index (χ4v) is 1.80. The number of rotatable bonds is 6. The molecule has 0 saturated carbocycles. The number of hydrogen-bond acceptors (Lipinski definition) is 3. The maximum absolute atomic E-state index is 12.5. The molecular formula is C15H20F3N3O2. The second-order valence-electron chi connectivity index (χ2n) is 5.43. The van der Waals surface area contributed by atoms with Crippen LogP contribution in [-0.2, 0) is 22.3 Å². The van der Waals surface area contributed by atoms with Crippen LogP contribution in [0.15, 0.2) is 24.3 Å². The average Bonchev–Trinajstić information content (AvgIpc) is 2.44. The third-order valence-electron chi connectivity index (χ3n) is 3.08. The summed E-state index contributed by atoms with van der Waals surface area (Å²) >= 11 is 0. The van der Waals surface area contributed by atoms with Crippen molar-refractivity contribution in [1.29, 1.82) is 0 Å². The average molecular weight is 331 g/mol. The first kappa shape index (κ1) is 19.0. The Morgan fingerprint density at radius 2 is 1.65 bits per heavy atom. The molecule has 0 heterocycles. The molecule has 23 heavy (non-hydrogen) atoms. The van der Waals surface area contributed by atoms with Crippen LogP contribution in [0.1, 0.15) is 11.1 Å². The van der Waals surface area contributed by atoms with E-state index in [0.717, 1.165) is 12.1 Å². The van der Waals surface area contributed by atoms with E-state index >= 15 is 0 Å². The molecule has 5 nitrogen and oxygen atoms in total. The van der Waals surface area contributed by atoms with Gasteiger partial charge in [-0.1, -0.05) is 12.1 Å². The standard InChI is InChI=1S/C15H20F3N3O2/c1-20(2)14(23)8-19-13(22)10-21(3)9-11-4-6-12(7-5-11)15(16,17)18/h4-7H,8-10H2,1-3H3,(H,19,22). The van der Waals surface area contributed by atoms with Gasteiger partial charge in [-0.25, -0.2) is 0 Å². The summed E-state index contributed by atoms with van der Waals surface area (Å²) in [6.07, 6.45) is -4.36. The van der Waals surface area contributed by atoms with Crippen molar-refractivity contribution in [3.8, 4) is 0 Å². The molecule has 0 bridgehead atoms. The molecule has 1 aromatic carbocycles. The van der Waals surface area contributed by atoms with Crippen molar-refractivity contribution in [3.05, 3.63) is 35.4 Å². The highest BCUT2D eigenvalue weighted by Crippen LogP contribution is 2.29. The predicted octanol–water partition coefficient (Wildman–Crippen LogP) is 1.34. The van der Waals surface area contributed by atoms with Gasteiger partial charge in [0.2, 0.25) is 11.8 Å². The molecular weight excluding hydrogens is 311 g/mol. The molecule has 0 radical (unpaired) electrons. The molecule has 8 heteroatoms. The van der Waals surface area contributed by atoms with Gasteiger partial charge in [0.05, 0.1) is 18.7 Å². The van der Waals surface area contributed by atoms with Crippen molar-refractivity contribution >= 4 is 11.8 Å². The summed E-state index contributed by atoms with van der Waals surface area (Å²) in [5.41, 5.74) is -0.0403. The Hall–Kier alpha value is -2.09. The summed E-state index contributed by atoms with van der Waals surface area (Å²) in [6, 6.07) is 4.79. The highest BCUT2D eigenvalue weighted by atomic mass is 19.4. The van der Waals surface area contributed by atoms with Crippen LogP contribution in [0.4, 0.5) is 13.2 Å². The normalized spacial score (nSPS) is 11.4.